The number of rotatable bonds is 7. The van der Waals surface area contributed by atoms with Crippen molar-refractivity contribution >= 4 is 11.6 Å². The first-order chi connectivity index (χ1) is 11.5. The summed E-state index contributed by atoms with van der Waals surface area (Å²) in [5, 5.41) is 2.95. The van der Waals surface area contributed by atoms with Gasteiger partial charge in [0.1, 0.15) is 0 Å². The zero-order chi connectivity index (χ0) is 17.5. The van der Waals surface area contributed by atoms with E-state index in [-0.39, 0.29) is 5.91 Å². The van der Waals surface area contributed by atoms with Gasteiger partial charge in [0.05, 0.1) is 13.2 Å². The summed E-state index contributed by atoms with van der Waals surface area (Å²) >= 11 is 0. The van der Waals surface area contributed by atoms with E-state index < -0.39 is 0 Å². The van der Waals surface area contributed by atoms with Crippen LogP contribution in [0.25, 0.3) is 0 Å². The molecule has 0 saturated heterocycles. The molecule has 0 bridgehead atoms. The monoisotopic (exact) mass is 327 g/mol. The summed E-state index contributed by atoms with van der Waals surface area (Å²) in [5.41, 5.74) is 3.56. The minimum Gasteiger partial charge on any atom is -0.490 e. The van der Waals surface area contributed by atoms with Gasteiger partial charge in [-0.25, -0.2) is 0 Å². The van der Waals surface area contributed by atoms with Gasteiger partial charge in [-0.05, 0) is 57.0 Å². The standard InChI is InChI=1S/C20H25NO3/c1-5-11-24-18-10-8-16(13-19(18)23-6-2)20(22)21-17-9-7-14(3)12-15(17)4/h7-10,12-13H,5-6,11H2,1-4H3,(H,21,22). The summed E-state index contributed by atoms with van der Waals surface area (Å²) in [6.45, 7) is 9.11. The van der Waals surface area contributed by atoms with Crippen molar-refractivity contribution in [1.82, 2.24) is 0 Å². The van der Waals surface area contributed by atoms with Gasteiger partial charge in [0, 0.05) is 11.3 Å². The van der Waals surface area contributed by atoms with E-state index >= 15 is 0 Å². The third-order valence-electron chi connectivity index (χ3n) is 3.60. The number of aryl methyl sites for hydroxylation is 2. The Morgan fingerprint density at radius 3 is 2.46 bits per heavy atom. The second-order valence-electron chi connectivity index (χ2n) is 5.72. The largest absolute Gasteiger partial charge is 0.490 e. The van der Waals surface area contributed by atoms with E-state index in [1.54, 1.807) is 18.2 Å². The Hall–Kier alpha value is -2.49. The number of hydrogen-bond acceptors (Lipinski definition) is 3. The van der Waals surface area contributed by atoms with Crippen LogP contribution in [0.5, 0.6) is 11.5 Å². The van der Waals surface area contributed by atoms with Crippen LogP contribution in [-0.4, -0.2) is 19.1 Å². The molecule has 2 aromatic rings. The first-order valence-corrected chi connectivity index (χ1v) is 8.33. The number of hydrogen-bond donors (Lipinski definition) is 1. The maximum Gasteiger partial charge on any atom is 0.255 e. The van der Waals surface area contributed by atoms with E-state index in [0.29, 0.717) is 30.3 Å². The molecule has 0 radical (unpaired) electrons. The lowest BCUT2D eigenvalue weighted by atomic mass is 10.1. The van der Waals surface area contributed by atoms with Crippen molar-refractivity contribution in [2.75, 3.05) is 18.5 Å². The molecule has 0 unspecified atom stereocenters. The van der Waals surface area contributed by atoms with Crippen LogP contribution in [0.2, 0.25) is 0 Å². The number of carbonyl (C=O) groups is 1. The van der Waals surface area contributed by atoms with Crippen LogP contribution in [0.3, 0.4) is 0 Å². The number of ether oxygens (including phenoxy) is 2. The summed E-state index contributed by atoms with van der Waals surface area (Å²) in [4.78, 5) is 12.5. The Kier molecular flexibility index (Phi) is 6.24. The maximum atomic E-state index is 12.5. The predicted molar refractivity (Wildman–Crippen MR) is 97.3 cm³/mol. The molecule has 4 heteroatoms. The highest BCUT2D eigenvalue weighted by Gasteiger charge is 2.12. The van der Waals surface area contributed by atoms with Gasteiger partial charge < -0.3 is 14.8 Å². The van der Waals surface area contributed by atoms with Crippen molar-refractivity contribution in [2.45, 2.75) is 34.1 Å². The summed E-state index contributed by atoms with van der Waals surface area (Å²) in [7, 11) is 0. The number of benzene rings is 2. The van der Waals surface area contributed by atoms with Gasteiger partial charge >= 0.3 is 0 Å². The van der Waals surface area contributed by atoms with E-state index in [1.165, 1.54) is 5.56 Å². The van der Waals surface area contributed by atoms with Crippen LogP contribution in [0.15, 0.2) is 36.4 Å². The molecule has 0 aliphatic heterocycles. The van der Waals surface area contributed by atoms with Gasteiger partial charge in [-0.1, -0.05) is 24.6 Å². The predicted octanol–water partition coefficient (Wildman–Crippen LogP) is 4.74. The zero-order valence-corrected chi connectivity index (χ0v) is 14.8. The van der Waals surface area contributed by atoms with E-state index in [1.807, 2.05) is 45.9 Å². The van der Waals surface area contributed by atoms with Crippen molar-refractivity contribution < 1.29 is 14.3 Å². The minimum atomic E-state index is -0.162. The Labute approximate surface area is 143 Å². The second kappa shape index (κ2) is 8.39. The lowest BCUT2D eigenvalue weighted by molar-refractivity contribution is 0.102. The molecule has 0 aliphatic rings. The third kappa shape index (κ3) is 4.51. The molecule has 2 rings (SSSR count). The van der Waals surface area contributed by atoms with Crippen LogP contribution in [0.1, 0.15) is 41.8 Å². The second-order valence-corrected chi connectivity index (χ2v) is 5.72. The fraction of sp³-hybridized carbons (Fsp3) is 0.350. The summed E-state index contributed by atoms with van der Waals surface area (Å²) in [6.07, 6.45) is 0.917. The van der Waals surface area contributed by atoms with E-state index in [2.05, 4.69) is 5.32 Å². The normalized spacial score (nSPS) is 10.3. The average Bonchev–Trinajstić information content (AvgIpc) is 2.56. The van der Waals surface area contributed by atoms with Crippen molar-refractivity contribution in [3.8, 4) is 11.5 Å². The SMILES string of the molecule is CCCOc1ccc(C(=O)Nc2ccc(C)cc2C)cc1OCC. The highest BCUT2D eigenvalue weighted by atomic mass is 16.5. The zero-order valence-electron chi connectivity index (χ0n) is 14.8. The molecule has 0 saturated carbocycles. The average molecular weight is 327 g/mol. The van der Waals surface area contributed by atoms with Crippen molar-refractivity contribution in [3.05, 3.63) is 53.1 Å². The van der Waals surface area contributed by atoms with Crippen LogP contribution in [-0.2, 0) is 0 Å². The highest BCUT2D eigenvalue weighted by molar-refractivity contribution is 6.05. The number of carbonyl (C=O) groups excluding carboxylic acids is 1. The molecule has 0 atom stereocenters. The molecule has 1 amide bonds. The van der Waals surface area contributed by atoms with Gasteiger partial charge in [-0.2, -0.15) is 0 Å². The molecule has 128 valence electrons. The number of anilines is 1. The van der Waals surface area contributed by atoms with E-state index in [9.17, 15) is 4.79 Å². The van der Waals surface area contributed by atoms with Gasteiger partial charge in [-0.15, -0.1) is 0 Å². The van der Waals surface area contributed by atoms with Crippen LogP contribution in [0.4, 0.5) is 5.69 Å². The Morgan fingerprint density at radius 2 is 1.79 bits per heavy atom. The molecule has 0 aromatic heterocycles. The first-order valence-electron chi connectivity index (χ1n) is 8.33. The number of amides is 1. The third-order valence-corrected chi connectivity index (χ3v) is 3.60. The van der Waals surface area contributed by atoms with Crippen molar-refractivity contribution in [2.24, 2.45) is 0 Å². The Balaban J connectivity index is 2.20. The molecular formula is C20H25NO3. The Morgan fingerprint density at radius 1 is 1.00 bits per heavy atom. The summed E-state index contributed by atoms with van der Waals surface area (Å²) in [5.74, 6) is 1.10. The van der Waals surface area contributed by atoms with E-state index in [4.69, 9.17) is 9.47 Å². The molecule has 4 nitrogen and oxygen atoms in total. The summed E-state index contributed by atoms with van der Waals surface area (Å²) < 4.78 is 11.3. The van der Waals surface area contributed by atoms with Crippen molar-refractivity contribution in [1.29, 1.82) is 0 Å². The van der Waals surface area contributed by atoms with Crippen LogP contribution < -0.4 is 14.8 Å². The van der Waals surface area contributed by atoms with Gasteiger partial charge in [0.25, 0.3) is 5.91 Å². The molecule has 0 fully saturated rings. The number of nitrogens with one attached hydrogen (secondary N) is 1. The fourth-order valence-electron chi connectivity index (χ4n) is 2.40. The van der Waals surface area contributed by atoms with Gasteiger partial charge in [0.15, 0.2) is 11.5 Å². The highest BCUT2D eigenvalue weighted by Crippen LogP contribution is 2.29. The Bertz CT molecular complexity index is 710. The minimum absolute atomic E-state index is 0.162. The lowest BCUT2D eigenvalue weighted by Gasteiger charge is -2.14. The molecule has 24 heavy (non-hydrogen) atoms. The fourth-order valence-corrected chi connectivity index (χ4v) is 2.40. The molecule has 2 aromatic carbocycles. The summed E-state index contributed by atoms with van der Waals surface area (Å²) in [6, 6.07) is 11.2. The van der Waals surface area contributed by atoms with Crippen LogP contribution in [0, 0.1) is 13.8 Å². The van der Waals surface area contributed by atoms with Crippen LogP contribution >= 0.6 is 0 Å². The first kappa shape index (κ1) is 17.9. The lowest BCUT2D eigenvalue weighted by Crippen LogP contribution is -2.13. The molecule has 0 heterocycles. The molecule has 0 aliphatic carbocycles. The quantitative estimate of drug-likeness (QED) is 0.799. The topological polar surface area (TPSA) is 47.6 Å². The molecule has 0 spiro atoms. The molecule has 1 N–H and O–H groups in total. The van der Waals surface area contributed by atoms with Gasteiger partial charge in [-0.3, -0.25) is 4.79 Å². The van der Waals surface area contributed by atoms with Gasteiger partial charge in [0.2, 0.25) is 0 Å². The maximum absolute atomic E-state index is 12.5. The van der Waals surface area contributed by atoms with E-state index in [0.717, 1.165) is 17.7 Å². The smallest absolute Gasteiger partial charge is 0.255 e. The molecular weight excluding hydrogens is 302 g/mol. The van der Waals surface area contributed by atoms with Crippen molar-refractivity contribution in [3.63, 3.8) is 0 Å².